The van der Waals surface area contributed by atoms with E-state index in [9.17, 15) is 4.79 Å². The van der Waals surface area contributed by atoms with Crippen LogP contribution in [-0.4, -0.2) is 5.78 Å². The first-order chi connectivity index (χ1) is 3.66. The highest BCUT2D eigenvalue weighted by Crippen LogP contribution is 2.35. The number of rotatable bonds is 0. The van der Waals surface area contributed by atoms with Crippen molar-refractivity contribution in [3.05, 3.63) is 0 Å². The quantitative estimate of drug-likeness (QED) is 0.423. The molecule has 0 saturated heterocycles. The Hall–Kier alpha value is -0.770. The van der Waals surface area contributed by atoms with Gasteiger partial charge in [-0.05, 0) is 6.92 Å². The summed E-state index contributed by atoms with van der Waals surface area (Å²) < 4.78 is 0. The molecule has 0 spiro atoms. The molecule has 1 heteroatoms. The summed E-state index contributed by atoms with van der Waals surface area (Å²) in [6, 6.07) is 0. The third-order valence-electron chi connectivity index (χ3n) is 1.52. The number of terminal acetylenes is 1. The van der Waals surface area contributed by atoms with E-state index >= 15 is 0 Å². The van der Waals surface area contributed by atoms with E-state index in [1.165, 1.54) is 0 Å². The summed E-state index contributed by atoms with van der Waals surface area (Å²) in [6.07, 6.45) is 6.30. The molecule has 0 amide bonds. The van der Waals surface area contributed by atoms with Crippen molar-refractivity contribution in [2.45, 2.75) is 19.8 Å². The SMILES string of the molecule is C#CC1(C)CC(=O)C1. The Labute approximate surface area is 49.1 Å². The zero-order valence-corrected chi connectivity index (χ0v) is 4.90. The van der Waals surface area contributed by atoms with Gasteiger partial charge in [0, 0.05) is 18.3 Å². The third kappa shape index (κ3) is 0.626. The Balaban J connectivity index is 2.56. The first kappa shape index (κ1) is 5.37. The monoisotopic (exact) mass is 108 g/mol. The van der Waals surface area contributed by atoms with Crippen LogP contribution in [0.4, 0.5) is 0 Å². The molecule has 1 fully saturated rings. The molecular weight excluding hydrogens is 100 g/mol. The molecule has 0 aromatic heterocycles. The van der Waals surface area contributed by atoms with Gasteiger partial charge in [-0.25, -0.2) is 0 Å². The van der Waals surface area contributed by atoms with Crippen LogP contribution in [0.25, 0.3) is 0 Å². The van der Waals surface area contributed by atoms with E-state index < -0.39 is 0 Å². The molecule has 0 bridgehead atoms. The van der Waals surface area contributed by atoms with Gasteiger partial charge in [0.05, 0.1) is 0 Å². The number of hydrogen-bond donors (Lipinski definition) is 0. The second kappa shape index (κ2) is 1.35. The van der Waals surface area contributed by atoms with Crippen molar-refractivity contribution in [1.82, 2.24) is 0 Å². The van der Waals surface area contributed by atoms with E-state index in [1.54, 1.807) is 0 Å². The molecule has 0 aliphatic heterocycles. The maximum atomic E-state index is 10.4. The van der Waals surface area contributed by atoms with Crippen molar-refractivity contribution in [1.29, 1.82) is 0 Å². The molecule has 0 N–H and O–H groups in total. The van der Waals surface area contributed by atoms with Gasteiger partial charge in [-0.2, -0.15) is 0 Å². The van der Waals surface area contributed by atoms with Crippen LogP contribution in [0.3, 0.4) is 0 Å². The molecule has 0 atom stereocenters. The fourth-order valence-corrected chi connectivity index (χ4v) is 0.921. The molecular formula is C7H8O. The van der Waals surface area contributed by atoms with E-state index in [-0.39, 0.29) is 5.41 Å². The average Bonchev–Trinajstić information content (AvgIpc) is 1.63. The van der Waals surface area contributed by atoms with Crippen LogP contribution in [0, 0.1) is 17.8 Å². The molecule has 1 aliphatic carbocycles. The summed E-state index contributed by atoms with van der Waals surface area (Å²) in [5.74, 6) is 2.88. The third-order valence-corrected chi connectivity index (χ3v) is 1.52. The maximum Gasteiger partial charge on any atom is 0.135 e. The zero-order valence-electron chi connectivity index (χ0n) is 4.90. The molecule has 42 valence electrons. The number of carbonyl (C=O) groups is 1. The summed E-state index contributed by atoms with van der Waals surface area (Å²) in [5, 5.41) is 0. The fraction of sp³-hybridized carbons (Fsp3) is 0.571. The summed E-state index contributed by atoms with van der Waals surface area (Å²) in [4.78, 5) is 10.4. The van der Waals surface area contributed by atoms with Gasteiger partial charge in [0.25, 0.3) is 0 Å². The minimum absolute atomic E-state index is 0.0862. The van der Waals surface area contributed by atoms with Crippen molar-refractivity contribution >= 4 is 5.78 Å². The number of ketones is 1. The molecule has 0 aromatic rings. The van der Waals surface area contributed by atoms with Gasteiger partial charge in [-0.1, -0.05) is 5.92 Å². The largest absolute Gasteiger partial charge is 0.300 e. The topological polar surface area (TPSA) is 17.1 Å². The highest BCUT2D eigenvalue weighted by Gasteiger charge is 2.36. The van der Waals surface area contributed by atoms with Gasteiger partial charge in [-0.15, -0.1) is 6.42 Å². The smallest absolute Gasteiger partial charge is 0.135 e. The normalized spacial score (nSPS) is 23.8. The molecule has 1 nitrogen and oxygen atoms in total. The van der Waals surface area contributed by atoms with Crippen LogP contribution < -0.4 is 0 Å². The maximum absolute atomic E-state index is 10.4. The highest BCUT2D eigenvalue weighted by molar-refractivity contribution is 5.87. The van der Waals surface area contributed by atoms with E-state index in [2.05, 4.69) is 5.92 Å². The Bertz CT molecular complexity index is 154. The van der Waals surface area contributed by atoms with E-state index in [1.807, 2.05) is 6.92 Å². The number of carbonyl (C=O) groups excluding carboxylic acids is 1. The van der Waals surface area contributed by atoms with E-state index in [4.69, 9.17) is 6.42 Å². The average molecular weight is 108 g/mol. The predicted octanol–water partition coefficient (Wildman–Crippen LogP) is 0.989. The Morgan fingerprint density at radius 1 is 1.75 bits per heavy atom. The highest BCUT2D eigenvalue weighted by atomic mass is 16.1. The van der Waals surface area contributed by atoms with Gasteiger partial charge < -0.3 is 0 Å². The number of Topliss-reactive ketones (excluding diaryl/α,β-unsaturated/α-hetero) is 1. The van der Waals surface area contributed by atoms with E-state index in [0.717, 1.165) is 0 Å². The van der Waals surface area contributed by atoms with Crippen LogP contribution in [0.2, 0.25) is 0 Å². The minimum Gasteiger partial charge on any atom is -0.300 e. The van der Waals surface area contributed by atoms with Gasteiger partial charge in [0.15, 0.2) is 0 Å². The van der Waals surface area contributed by atoms with Gasteiger partial charge >= 0.3 is 0 Å². The summed E-state index contributed by atoms with van der Waals surface area (Å²) in [6.45, 7) is 1.94. The first-order valence-corrected chi connectivity index (χ1v) is 2.66. The Kier molecular flexibility index (Phi) is 0.907. The predicted molar refractivity (Wildman–Crippen MR) is 31.2 cm³/mol. The van der Waals surface area contributed by atoms with Crippen molar-refractivity contribution in [2.75, 3.05) is 0 Å². The molecule has 1 aliphatic rings. The molecule has 8 heavy (non-hydrogen) atoms. The van der Waals surface area contributed by atoms with Crippen molar-refractivity contribution in [2.24, 2.45) is 5.41 Å². The lowest BCUT2D eigenvalue weighted by Crippen LogP contribution is -2.32. The summed E-state index contributed by atoms with van der Waals surface area (Å²) in [7, 11) is 0. The number of hydrogen-bond acceptors (Lipinski definition) is 1. The van der Waals surface area contributed by atoms with Crippen LogP contribution in [0.5, 0.6) is 0 Å². The Morgan fingerprint density at radius 3 is 2.38 bits per heavy atom. The molecule has 0 radical (unpaired) electrons. The second-order valence-corrected chi connectivity index (χ2v) is 2.60. The lowest BCUT2D eigenvalue weighted by atomic mass is 9.70. The van der Waals surface area contributed by atoms with Gasteiger partial charge in [0.2, 0.25) is 0 Å². The van der Waals surface area contributed by atoms with E-state index in [0.29, 0.717) is 18.6 Å². The van der Waals surface area contributed by atoms with Crippen molar-refractivity contribution in [3.8, 4) is 12.3 Å². The standard InChI is InChI=1S/C7H8O/c1-3-7(2)4-6(8)5-7/h1H,4-5H2,2H3. The fourth-order valence-electron chi connectivity index (χ4n) is 0.921. The van der Waals surface area contributed by atoms with Gasteiger partial charge in [0.1, 0.15) is 5.78 Å². The summed E-state index contributed by atoms with van der Waals surface area (Å²) in [5.41, 5.74) is -0.0862. The lowest BCUT2D eigenvalue weighted by molar-refractivity contribution is -0.128. The second-order valence-electron chi connectivity index (χ2n) is 2.60. The first-order valence-electron chi connectivity index (χ1n) is 2.66. The van der Waals surface area contributed by atoms with Crippen LogP contribution in [0.1, 0.15) is 19.8 Å². The molecule has 0 heterocycles. The van der Waals surface area contributed by atoms with Crippen LogP contribution >= 0.6 is 0 Å². The lowest BCUT2D eigenvalue weighted by Gasteiger charge is -2.30. The summed E-state index contributed by atoms with van der Waals surface area (Å²) >= 11 is 0. The minimum atomic E-state index is -0.0862. The van der Waals surface area contributed by atoms with Crippen LogP contribution in [-0.2, 0) is 4.79 Å². The molecule has 1 rings (SSSR count). The van der Waals surface area contributed by atoms with Gasteiger partial charge in [-0.3, -0.25) is 4.79 Å². The van der Waals surface area contributed by atoms with Crippen molar-refractivity contribution < 1.29 is 4.79 Å². The Morgan fingerprint density at radius 2 is 2.25 bits per heavy atom. The van der Waals surface area contributed by atoms with Crippen LogP contribution in [0.15, 0.2) is 0 Å². The van der Waals surface area contributed by atoms with Crippen molar-refractivity contribution in [3.63, 3.8) is 0 Å². The molecule has 0 unspecified atom stereocenters. The molecule has 1 saturated carbocycles. The molecule has 0 aromatic carbocycles. The zero-order chi connectivity index (χ0) is 6.20.